The van der Waals surface area contributed by atoms with Gasteiger partial charge in [-0.05, 0) is 131 Å². The molecule has 9 heterocycles. The van der Waals surface area contributed by atoms with Crippen molar-refractivity contribution >= 4 is 149 Å². The normalized spacial score (nSPS) is 13.8. The first kappa shape index (κ1) is 49.0. The van der Waals surface area contributed by atoms with E-state index in [-0.39, 0.29) is 13.4 Å². The molecule has 0 fully saturated rings. The molecule has 402 valence electrons. The summed E-state index contributed by atoms with van der Waals surface area (Å²) < 4.78 is 14.0. The summed E-state index contributed by atoms with van der Waals surface area (Å²) in [7, 11) is 0. The van der Waals surface area contributed by atoms with Crippen LogP contribution in [0.5, 0.6) is 23.0 Å². The Morgan fingerprint density at radius 2 is 0.767 bits per heavy atom. The summed E-state index contributed by atoms with van der Waals surface area (Å²) >= 11 is 3.68. The van der Waals surface area contributed by atoms with Crippen molar-refractivity contribution < 1.29 is 9.47 Å². The van der Waals surface area contributed by atoms with Gasteiger partial charge in [0, 0.05) is 60.6 Å². The van der Waals surface area contributed by atoms with Crippen LogP contribution in [0.3, 0.4) is 0 Å². The highest BCUT2D eigenvalue weighted by Crippen LogP contribution is 2.60. The standard InChI is InChI=1S/C38H23BN4OS.C35H22BN3OS/c1-3-15-28-26(13-1)39-27-14-2-6-19-33(27)45-34-22-31-38(37(35(34)39)42(28)25-12-9-20-40-23-25)44-32-18-5-4-16-29(32)43(31)30-17-7-10-24-11-8-21-41-36(24)30;1-2-11-23(12-3-1)38-28-17-7-8-18-30(28)40-35-29(38)21-32-33-34(35)39(24-13-10-20-37-22-24)27-16-6-4-14-25(27)36(33)26-15-5-9-19-31(26)41-32/h1-23H;1-22H. The van der Waals surface area contributed by atoms with Gasteiger partial charge < -0.3 is 29.1 Å². The van der Waals surface area contributed by atoms with E-state index in [1.165, 1.54) is 52.4 Å². The zero-order valence-corrected chi connectivity index (χ0v) is 47.5. The molecule has 9 nitrogen and oxygen atoms in total. The SMILES string of the molecule is c1ccc(N2c3ccccc3Oc3c2cc2c4c3N(c3cccnc3)c3ccccc3B4c3ccccc3S2)cc1.c1cncc(N2c3ccccc3B3c4ccccc4Sc4cc5c(c2c43)Oc2ccccc2N5c2cccc3cccnc23)c1. The van der Waals surface area contributed by atoms with Crippen molar-refractivity contribution in [2.45, 2.75) is 19.6 Å². The predicted molar refractivity (Wildman–Crippen MR) is 353 cm³/mol. The summed E-state index contributed by atoms with van der Waals surface area (Å²) in [6.07, 6.45) is 9.41. The van der Waals surface area contributed by atoms with E-state index >= 15 is 0 Å². The van der Waals surface area contributed by atoms with Gasteiger partial charge in [0.2, 0.25) is 13.4 Å². The number of rotatable bonds is 4. The molecule has 13 heteroatoms. The van der Waals surface area contributed by atoms with Crippen molar-refractivity contribution in [1.29, 1.82) is 0 Å². The van der Waals surface area contributed by atoms with Crippen LogP contribution in [-0.4, -0.2) is 28.4 Å². The molecule has 0 bridgehead atoms. The largest absolute Gasteiger partial charge is 0.451 e. The number of pyridine rings is 3. The summed E-state index contributed by atoms with van der Waals surface area (Å²) in [5.41, 5.74) is 21.2. The predicted octanol–water partition coefficient (Wildman–Crippen LogP) is 15.4. The molecule has 6 aliphatic rings. The van der Waals surface area contributed by atoms with Crippen LogP contribution in [0, 0.1) is 0 Å². The van der Waals surface area contributed by atoms with Crippen LogP contribution >= 0.6 is 23.5 Å². The Bertz CT molecular complexity index is 4920. The number of benzene rings is 10. The van der Waals surface area contributed by atoms with E-state index in [1.807, 2.05) is 84.8 Å². The second-order valence-electron chi connectivity index (χ2n) is 21.8. The molecule has 0 atom stereocenters. The zero-order chi connectivity index (χ0) is 56.4. The van der Waals surface area contributed by atoms with Crippen molar-refractivity contribution in [1.82, 2.24) is 15.0 Å². The first-order chi connectivity index (χ1) is 42.7. The highest BCUT2D eigenvalue weighted by atomic mass is 32.2. The minimum Gasteiger partial charge on any atom is -0.451 e. The van der Waals surface area contributed by atoms with Gasteiger partial charge in [0.05, 0.1) is 69.1 Å². The van der Waals surface area contributed by atoms with Gasteiger partial charge in [0.25, 0.3) is 0 Å². The maximum Gasteiger partial charge on any atom is 0.249 e. The molecule has 13 aromatic rings. The van der Waals surface area contributed by atoms with E-state index in [0.717, 1.165) is 102 Å². The second kappa shape index (κ2) is 19.6. The molecule has 0 aliphatic carbocycles. The number of ether oxygens (including phenoxy) is 2. The van der Waals surface area contributed by atoms with E-state index in [1.54, 1.807) is 0 Å². The molecule has 0 unspecified atom stereocenters. The van der Waals surface area contributed by atoms with Crippen LogP contribution in [0.2, 0.25) is 0 Å². The molecule has 0 spiro atoms. The van der Waals surface area contributed by atoms with Crippen LogP contribution in [-0.2, 0) is 0 Å². The third-order valence-corrected chi connectivity index (χ3v) is 19.5. The number of hydrogen-bond acceptors (Lipinski definition) is 11. The van der Waals surface area contributed by atoms with Gasteiger partial charge in [-0.15, -0.1) is 0 Å². The van der Waals surface area contributed by atoms with Gasteiger partial charge >= 0.3 is 0 Å². The Balaban J connectivity index is 0.000000130. The average Bonchev–Trinajstić information content (AvgIpc) is 1.01. The number of para-hydroxylation sites is 8. The highest BCUT2D eigenvalue weighted by Gasteiger charge is 2.47. The summed E-state index contributed by atoms with van der Waals surface area (Å²) in [6.45, 7) is 0.160. The molecule has 19 rings (SSSR count). The molecule has 86 heavy (non-hydrogen) atoms. The molecule has 10 aromatic carbocycles. The van der Waals surface area contributed by atoms with Gasteiger partial charge in [-0.3, -0.25) is 15.0 Å². The van der Waals surface area contributed by atoms with Crippen LogP contribution in [0.4, 0.5) is 68.2 Å². The Kier molecular flexibility index (Phi) is 11.2. The van der Waals surface area contributed by atoms with E-state index < -0.39 is 0 Å². The topological polar surface area (TPSA) is 70.1 Å². The average molecular weight is 1140 g/mol. The van der Waals surface area contributed by atoms with Gasteiger partial charge in [0.1, 0.15) is 0 Å². The lowest BCUT2D eigenvalue weighted by molar-refractivity contribution is 0.478. The van der Waals surface area contributed by atoms with Crippen molar-refractivity contribution in [3.8, 4) is 23.0 Å². The summed E-state index contributed by atoms with van der Waals surface area (Å²) in [6, 6.07) is 85.8. The Labute approximate surface area is 506 Å². The summed E-state index contributed by atoms with van der Waals surface area (Å²) in [5.74, 6) is 3.32. The monoisotopic (exact) mass is 1140 g/mol. The fourth-order valence-electron chi connectivity index (χ4n) is 13.7. The van der Waals surface area contributed by atoms with Crippen molar-refractivity contribution in [3.05, 3.63) is 274 Å². The van der Waals surface area contributed by atoms with Gasteiger partial charge in [-0.2, -0.15) is 0 Å². The molecule has 0 N–H and O–H groups in total. The van der Waals surface area contributed by atoms with E-state index in [9.17, 15) is 0 Å². The fraction of sp³-hybridized carbons (Fsp3) is 0. The van der Waals surface area contributed by atoms with Crippen molar-refractivity contribution in [2.24, 2.45) is 0 Å². The maximum atomic E-state index is 7.03. The maximum absolute atomic E-state index is 7.03. The minimum atomic E-state index is 0.0651. The first-order valence-corrected chi connectivity index (χ1v) is 30.4. The Hall–Kier alpha value is -10.5. The second-order valence-corrected chi connectivity index (χ2v) is 24.0. The molecule has 0 saturated heterocycles. The Morgan fingerprint density at radius 3 is 1.33 bits per heavy atom. The minimum absolute atomic E-state index is 0.0651. The molecule has 3 aromatic heterocycles. The van der Waals surface area contributed by atoms with E-state index in [4.69, 9.17) is 14.5 Å². The number of nitrogens with zero attached hydrogens (tertiary/aromatic N) is 7. The third-order valence-electron chi connectivity index (χ3n) is 17.2. The number of hydrogen-bond donors (Lipinski definition) is 0. The third kappa shape index (κ3) is 7.41. The number of aromatic nitrogens is 3. The van der Waals surface area contributed by atoms with Crippen LogP contribution in [0.25, 0.3) is 10.9 Å². The van der Waals surface area contributed by atoms with Crippen LogP contribution < -0.4 is 61.9 Å². The molecule has 0 amide bonds. The molecule has 0 radical (unpaired) electrons. The van der Waals surface area contributed by atoms with Gasteiger partial charge in [0.15, 0.2) is 23.0 Å². The Morgan fingerprint density at radius 1 is 0.326 bits per heavy atom. The molecule has 0 saturated carbocycles. The smallest absolute Gasteiger partial charge is 0.249 e. The van der Waals surface area contributed by atoms with Crippen LogP contribution in [0.1, 0.15) is 0 Å². The number of fused-ring (bicyclic) bond motifs is 15. The lowest BCUT2D eigenvalue weighted by Crippen LogP contribution is -2.60. The summed E-state index contributed by atoms with van der Waals surface area (Å²) in [5, 5.41) is 1.09. The van der Waals surface area contributed by atoms with Gasteiger partial charge in [-0.1, -0.05) is 168 Å². The van der Waals surface area contributed by atoms with E-state index in [0.29, 0.717) is 0 Å². The molecular weight excluding hydrogens is 1090 g/mol. The first-order valence-electron chi connectivity index (χ1n) is 28.8. The van der Waals surface area contributed by atoms with Crippen molar-refractivity contribution in [3.63, 3.8) is 0 Å². The van der Waals surface area contributed by atoms with Gasteiger partial charge in [-0.25, -0.2) is 0 Å². The zero-order valence-electron chi connectivity index (χ0n) is 45.9. The molecule has 6 aliphatic heterocycles. The lowest BCUT2D eigenvalue weighted by Gasteiger charge is -2.43. The van der Waals surface area contributed by atoms with Crippen LogP contribution in [0.15, 0.2) is 293 Å². The number of anilines is 12. The fourth-order valence-corrected chi connectivity index (χ4v) is 16.1. The lowest BCUT2D eigenvalue weighted by atomic mass is 9.35. The summed E-state index contributed by atoms with van der Waals surface area (Å²) in [4.78, 5) is 28.4. The molecular formula is C73H45B2N7O2S2. The van der Waals surface area contributed by atoms with Crippen molar-refractivity contribution in [2.75, 3.05) is 19.6 Å². The quantitative estimate of drug-likeness (QED) is 0.158. The highest BCUT2D eigenvalue weighted by molar-refractivity contribution is 8.00. The van der Waals surface area contributed by atoms with E-state index in [2.05, 4.69) is 242 Å².